The van der Waals surface area contributed by atoms with Crippen molar-refractivity contribution in [1.82, 2.24) is 5.32 Å². The second-order valence-electron chi connectivity index (χ2n) is 3.29. The van der Waals surface area contributed by atoms with Crippen molar-refractivity contribution in [1.29, 1.82) is 5.26 Å². The fourth-order valence-electron chi connectivity index (χ4n) is 1.35. The van der Waals surface area contributed by atoms with Gasteiger partial charge in [0.05, 0.1) is 13.2 Å². The van der Waals surface area contributed by atoms with Gasteiger partial charge in [-0.25, -0.2) is 0 Å². The van der Waals surface area contributed by atoms with Crippen LogP contribution in [0.4, 0.5) is 0 Å². The smallest absolute Gasteiger partial charge is 0.121 e. The number of hydrogen-bond acceptors (Lipinski definition) is 3. The van der Waals surface area contributed by atoms with Crippen molar-refractivity contribution in [3.8, 4) is 11.8 Å². The van der Waals surface area contributed by atoms with Crippen molar-refractivity contribution in [3.63, 3.8) is 0 Å². The molecule has 0 aromatic heterocycles. The van der Waals surface area contributed by atoms with Crippen molar-refractivity contribution >= 4 is 0 Å². The first kappa shape index (κ1) is 11.5. The number of nitriles is 1. The normalized spacial score (nSPS) is 11.8. The number of benzene rings is 1. The summed E-state index contributed by atoms with van der Waals surface area (Å²) in [6.07, 6.45) is 1.02. The summed E-state index contributed by atoms with van der Waals surface area (Å²) in [4.78, 5) is 0. The Labute approximate surface area is 90.7 Å². The Morgan fingerprint density at radius 2 is 2.33 bits per heavy atom. The highest BCUT2D eigenvalue weighted by atomic mass is 16.5. The minimum atomic E-state index is -0.250. The van der Waals surface area contributed by atoms with Crippen molar-refractivity contribution < 1.29 is 4.74 Å². The summed E-state index contributed by atoms with van der Waals surface area (Å²) in [6, 6.07) is 9.57. The molecule has 0 aliphatic carbocycles. The third-order valence-electron chi connectivity index (χ3n) is 2.15. The second kappa shape index (κ2) is 6.05. The van der Waals surface area contributed by atoms with Crippen LogP contribution in [0, 0.1) is 11.3 Å². The maximum Gasteiger partial charge on any atom is 0.121 e. The van der Waals surface area contributed by atoms with Crippen LogP contribution in [-0.2, 0) is 0 Å². The van der Waals surface area contributed by atoms with Crippen LogP contribution in [-0.4, -0.2) is 13.7 Å². The third kappa shape index (κ3) is 3.26. The van der Waals surface area contributed by atoms with Gasteiger partial charge in [-0.05, 0) is 30.7 Å². The van der Waals surface area contributed by atoms with E-state index < -0.39 is 0 Å². The molecule has 80 valence electrons. The highest BCUT2D eigenvalue weighted by molar-refractivity contribution is 5.32. The first-order chi connectivity index (χ1) is 7.31. The Morgan fingerprint density at radius 3 is 2.93 bits per heavy atom. The van der Waals surface area contributed by atoms with Crippen molar-refractivity contribution in [2.24, 2.45) is 0 Å². The summed E-state index contributed by atoms with van der Waals surface area (Å²) in [6.45, 7) is 2.92. The molecular formula is C12H16N2O. The molecule has 3 nitrogen and oxygen atoms in total. The van der Waals surface area contributed by atoms with Crippen LogP contribution in [0.3, 0.4) is 0 Å². The first-order valence-electron chi connectivity index (χ1n) is 5.08. The van der Waals surface area contributed by atoms with E-state index in [2.05, 4.69) is 18.3 Å². The number of rotatable bonds is 5. The van der Waals surface area contributed by atoms with Crippen molar-refractivity contribution in [2.45, 2.75) is 19.4 Å². The highest BCUT2D eigenvalue weighted by Gasteiger charge is 2.09. The van der Waals surface area contributed by atoms with Gasteiger partial charge in [-0.2, -0.15) is 5.26 Å². The van der Waals surface area contributed by atoms with Crippen LogP contribution in [0.2, 0.25) is 0 Å². The molecule has 1 rings (SSSR count). The van der Waals surface area contributed by atoms with E-state index in [1.54, 1.807) is 7.11 Å². The van der Waals surface area contributed by atoms with Gasteiger partial charge in [0.2, 0.25) is 0 Å². The molecule has 1 N–H and O–H groups in total. The minimum Gasteiger partial charge on any atom is -0.497 e. The molecule has 0 aliphatic rings. The Balaban J connectivity index is 2.78. The summed E-state index contributed by atoms with van der Waals surface area (Å²) in [5.74, 6) is 0.783. The molecule has 3 heteroatoms. The maximum atomic E-state index is 9.02. The standard InChI is InChI=1S/C12H16N2O/c1-3-7-14-12(9-13)10-5-4-6-11(8-10)15-2/h4-6,8,12,14H,3,7H2,1-2H3. The van der Waals surface area contributed by atoms with E-state index in [1.165, 1.54) is 0 Å². The largest absolute Gasteiger partial charge is 0.497 e. The Kier molecular flexibility index (Phi) is 4.65. The maximum absolute atomic E-state index is 9.02. The number of ether oxygens (including phenoxy) is 1. The average Bonchev–Trinajstić information content (AvgIpc) is 2.30. The zero-order chi connectivity index (χ0) is 11.1. The molecule has 0 amide bonds. The fraction of sp³-hybridized carbons (Fsp3) is 0.417. The lowest BCUT2D eigenvalue weighted by Gasteiger charge is -2.11. The fourth-order valence-corrected chi connectivity index (χ4v) is 1.35. The predicted molar refractivity (Wildman–Crippen MR) is 59.6 cm³/mol. The Bertz CT molecular complexity index is 344. The van der Waals surface area contributed by atoms with E-state index in [0.717, 1.165) is 24.3 Å². The molecule has 0 bridgehead atoms. The molecule has 0 spiro atoms. The molecule has 0 aliphatic heterocycles. The van der Waals surface area contributed by atoms with Gasteiger partial charge in [0.25, 0.3) is 0 Å². The summed E-state index contributed by atoms with van der Waals surface area (Å²) >= 11 is 0. The summed E-state index contributed by atoms with van der Waals surface area (Å²) in [5.41, 5.74) is 0.949. The van der Waals surface area contributed by atoms with Gasteiger partial charge in [-0.15, -0.1) is 0 Å². The molecule has 0 saturated carbocycles. The van der Waals surface area contributed by atoms with E-state index in [4.69, 9.17) is 10.00 Å². The number of nitrogens with one attached hydrogen (secondary N) is 1. The van der Waals surface area contributed by atoms with Gasteiger partial charge in [-0.1, -0.05) is 19.1 Å². The summed E-state index contributed by atoms with van der Waals surface area (Å²) < 4.78 is 5.12. The van der Waals surface area contributed by atoms with Gasteiger partial charge in [0, 0.05) is 0 Å². The lowest BCUT2D eigenvalue weighted by Crippen LogP contribution is -2.20. The predicted octanol–water partition coefficient (Wildman–Crippen LogP) is 2.26. The van der Waals surface area contributed by atoms with Crippen LogP contribution >= 0.6 is 0 Å². The molecular weight excluding hydrogens is 188 g/mol. The van der Waals surface area contributed by atoms with Gasteiger partial charge < -0.3 is 4.74 Å². The van der Waals surface area contributed by atoms with E-state index in [0.29, 0.717) is 0 Å². The zero-order valence-corrected chi connectivity index (χ0v) is 9.16. The van der Waals surface area contributed by atoms with Gasteiger partial charge in [0.15, 0.2) is 0 Å². The lowest BCUT2D eigenvalue weighted by molar-refractivity contribution is 0.413. The monoisotopic (exact) mass is 204 g/mol. The van der Waals surface area contributed by atoms with E-state index in [-0.39, 0.29) is 6.04 Å². The molecule has 0 fully saturated rings. The summed E-state index contributed by atoms with van der Waals surface area (Å²) in [5, 5.41) is 12.2. The number of methoxy groups -OCH3 is 1. The quantitative estimate of drug-likeness (QED) is 0.800. The third-order valence-corrected chi connectivity index (χ3v) is 2.15. The molecule has 0 radical (unpaired) electrons. The van der Waals surface area contributed by atoms with Crippen LogP contribution in [0.15, 0.2) is 24.3 Å². The molecule has 1 aromatic rings. The van der Waals surface area contributed by atoms with Crippen LogP contribution < -0.4 is 10.1 Å². The van der Waals surface area contributed by atoms with Crippen molar-refractivity contribution in [2.75, 3.05) is 13.7 Å². The van der Waals surface area contributed by atoms with Crippen molar-refractivity contribution in [3.05, 3.63) is 29.8 Å². The SMILES string of the molecule is CCCNC(C#N)c1cccc(OC)c1. The van der Waals surface area contributed by atoms with Gasteiger partial charge >= 0.3 is 0 Å². The highest BCUT2D eigenvalue weighted by Crippen LogP contribution is 2.18. The van der Waals surface area contributed by atoms with Gasteiger partial charge in [0.1, 0.15) is 11.8 Å². The van der Waals surface area contributed by atoms with E-state index >= 15 is 0 Å². The molecule has 1 unspecified atom stereocenters. The molecule has 1 atom stereocenters. The first-order valence-corrected chi connectivity index (χ1v) is 5.08. The minimum absolute atomic E-state index is 0.250. The lowest BCUT2D eigenvalue weighted by atomic mass is 10.1. The van der Waals surface area contributed by atoms with E-state index in [9.17, 15) is 0 Å². The Hall–Kier alpha value is -1.53. The number of hydrogen-bond donors (Lipinski definition) is 1. The topological polar surface area (TPSA) is 45.0 Å². The molecule has 0 saturated heterocycles. The summed E-state index contributed by atoms with van der Waals surface area (Å²) in [7, 11) is 1.62. The van der Waals surface area contributed by atoms with E-state index in [1.807, 2.05) is 24.3 Å². The number of nitrogens with zero attached hydrogens (tertiary/aromatic N) is 1. The zero-order valence-electron chi connectivity index (χ0n) is 9.16. The van der Waals surface area contributed by atoms with Crippen LogP contribution in [0.1, 0.15) is 24.9 Å². The second-order valence-corrected chi connectivity index (χ2v) is 3.29. The molecule has 1 aromatic carbocycles. The van der Waals surface area contributed by atoms with Crippen LogP contribution in [0.25, 0.3) is 0 Å². The van der Waals surface area contributed by atoms with Gasteiger partial charge in [-0.3, -0.25) is 5.32 Å². The Morgan fingerprint density at radius 1 is 1.53 bits per heavy atom. The average molecular weight is 204 g/mol. The van der Waals surface area contributed by atoms with Crippen LogP contribution in [0.5, 0.6) is 5.75 Å². The molecule has 15 heavy (non-hydrogen) atoms. The molecule has 0 heterocycles.